The Labute approximate surface area is 124 Å². The summed E-state index contributed by atoms with van der Waals surface area (Å²) in [6.07, 6.45) is 1.80. The first-order valence-electron chi connectivity index (χ1n) is 6.81. The maximum atomic E-state index is 7.33. The molecule has 0 aliphatic rings. The molecule has 3 N–H and O–H groups in total. The van der Waals surface area contributed by atoms with Crippen molar-refractivity contribution in [2.75, 3.05) is 20.2 Å². The lowest BCUT2D eigenvalue weighted by Gasteiger charge is -2.16. The molecule has 0 spiro atoms. The molecule has 0 bridgehead atoms. The van der Waals surface area contributed by atoms with E-state index in [9.17, 15) is 0 Å². The smallest absolute Gasteiger partial charge is 0.122 e. The number of hydrogen-bond acceptors (Lipinski definition) is 4. The number of hydrogen-bond donors (Lipinski definition) is 2. The zero-order chi connectivity index (χ0) is 15.1. The van der Waals surface area contributed by atoms with Crippen LogP contribution in [-0.4, -0.2) is 35.9 Å². The summed E-state index contributed by atoms with van der Waals surface area (Å²) in [7, 11) is 2.04. The monoisotopic (exact) mass is 284 g/mol. The van der Waals surface area contributed by atoms with Crippen molar-refractivity contribution in [1.29, 1.82) is 5.41 Å². The van der Waals surface area contributed by atoms with E-state index >= 15 is 0 Å². The molecule has 0 unspecified atom stereocenters. The molecular formula is C16H20N4O. The van der Waals surface area contributed by atoms with Gasteiger partial charge in [-0.15, -0.1) is 0 Å². The SMILES string of the molecule is CN(CCOc1ccc(C(=N)N)cc1)Cc1ccccn1. The van der Waals surface area contributed by atoms with Gasteiger partial charge in [0.2, 0.25) is 0 Å². The zero-order valence-electron chi connectivity index (χ0n) is 12.1. The third-order valence-corrected chi connectivity index (χ3v) is 3.07. The third kappa shape index (κ3) is 4.89. The van der Waals surface area contributed by atoms with E-state index in [1.807, 2.05) is 37.4 Å². The highest BCUT2D eigenvalue weighted by Crippen LogP contribution is 2.11. The Balaban J connectivity index is 1.74. The fourth-order valence-corrected chi connectivity index (χ4v) is 1.90. The van der Waals surface area contributed by atoms with Crippen LogP contribution in [0.25, 0.3) is 0 Å². The van der Waals surface area contributed by atoms with Crippen molar-refractivity contribution in [3.05, 3.63) is 59.9 Å². The van der Waals surface area contributed by atoms with Gasteiger partial charge in [-0.05, 0) is 43.4 Å². The first kappa shape index (κ1) is 15.0. The van der Waals surface area contributed by atoms with Gasteiger partial charge in [0.25, 0.3) is 0 Å². The fourth-order valence-electron chi connectivity index (χ4n) is 1.90. The number of nitrogens with zero attached hydrogens (tertiary/aromatic N) is 2. The van der Waals surface area contributed by atoms with E-state index in [2.05, 4.69) is 9.88 Å². The van der Waals surface area contributed by atoms with Crippen LogP contribution in [0.4, 0.5) is 0 Å². The molecule has 0 amide bonds. The van der Waals surface area contributed by atoms with Crippen molar-refractivity contribution < 1.29 is 4.74 Å². The van der Waals surface area contributed by atoms with E-state index in [-0.39, 0.29) is 5.84 Å². The highest BCUT2D eigenvalue weighted by Gasteiger charge is 2.02. The van der Waals surface area contributed by atoms with Crippen LogP contribution < -0.4 is 10.5 Å². The van der Waals surface area contributed by atoms with Crippen molar-refractivity contribution >= 4 is 5.84 Å². The fraction of sp³-hybridized carbons (Fsp3) is 0.250. The van der Waals surface area contributed by atoms with Gasteiger partial charge in [-0.3, -0.25) is 15.3 Å². The molecule has 0 aliphatic carbocycles. The van der Waals surface area contributed by atoms with Crippen molar-refractivity contribution in [3.63, 3.8) is 0 Å². The quantitative estimate of drug-likeness (QED) is 0.601. The number of amidine groups is 1. The lowest BCUT2D eigenvalue weighted by molar-refractivity contribution is 0.231. The summed E-state index contributed by atoms with van der Waals surface area (Å²) in [6, 6.07) is 13.1. The highest BCUT2D eigenvalue weighted by atomic mass is 16.5. The number of ether oxygens (including phenoxy) is 1. The van der Waals surface area contributed by atoms with Crippen LogP contribution in [0.15, 0.2) is 48.7 Å². The molecule has 0 atom stereocenters. The Hall–Kier alpha value is -2.40. The van der Waals surface area contributed by atoms with Crippen LogP contribution in [0.5, 0.6) is 5.75 Å². The van der Waals surface area contributed by atoms with E-state index in [0.717, 1.165) is 24.5 Å². The molecule has 1 aromatic carbocycles. The molecule has 2 rings (SSSR count). The number of pyridine rings is 1. The summed E-state index contributed by atoms with van der Waals surface area (Å²) < 4.78 is 5.68. The average molecular weight is 284 g/mol. The Bertz CT molecular complexity index is 569. The van der Waals surface area contributed by atoms with Gasteiger partial charge in [0.1, 0.15) is 18.2 Å². The third-order valence-electron chi connectivity index (χ3n) is 3.07. The molecule has 1 aromatic heterocycles. The molecule has 0 saturated carbocycles. The summed E-state index contributed by atoms with van der Waals surface area (Å²) in [6.45, 7) is 2.21. The standard InChI is InChI=1S/C16H20N4O/c1-20(12-14-4-2-3-9-19-14)10-11-21-15-7-5-13(6-8-15)16(17)18/h2-9H,10-12H2,1H3,(H3,17,18). The van der Waals surface area contributed by atoms with E-state index in [0.29, 0.717) is 12.2 Å². The van der Waals surface area contributed by atoms with Crippen molar-refractivity contribution in [3.8, 4) is 5.75 Å². The van der Waals surface area contributed by atoms with E-state index < -0.39 is 0 Å². The largest absolute Gasteiger partial charge is 0.492 e. The minimum atomic E-state index is 0.0663. The molecule has 0 radical (unpaired) electrons. The lowest BCUT2D eigenvalue weighted by Crippen LogP contribution is -2.24. The van der Waals surface area contributed by atoms with Gasteiger partial charge in [0.15, 0.2) is 0 Å². The van der Waals surface area contributed by atoms with Gasteiger partial charge in [-0.1, -0.05) is 6.07 Å². The minimum Gasteiger partial charge on any atom is -0.492 e. The molecule has 5 heteroatoms. The predicted molar refractivity (Wildman–Crippen MR) is 83.5 cm³/mol. The number of likely N-dealkylation sites (N-methyl/N-ethyl adjacent to an activating group) is 1. The van der Waals surface area contributed by atoms with Gasteiger partial charge in [0, 0.05) is 24.8 Å². The van der Waals surface area contributed by atoms with Gasteiger partial charge in [-0.2, -0.15) is 0 Å². The van der Waals surface area contributed by atoms with E-state index in [4.69, 9.17) is 15.9 Å². The normalized spacial score (nSPS) is 10.6. The number of nitrogens with two attached hydrogens (primary N) is 1. The van der Waals surface area contributed by atoms with Crippen LogP contribution in [0.1, 0.15) is 11.3 Å². The number of nitrogens with one attached hydrogen (secondary N) is 1. The van der Waals surface area contributed by atoms with Crippen molar-refractivity contribution in [2.24, 2.45) is 5.73 Å². The summed E-state index contributed by atoms with van der Waals surface area (Å²) in [5, 5.41) is 7.33. The van der Waals surface area contributed by atoms with Crippen molar-refractivity contribution in [2.45, 2.75) is 6.54 Å². The molecule has 5 nitrogen and oxygen atoms in total. The Morgan fingerprint density at radius 1 is 1.24 bits per heavy atom. The summed E-state index contributed by atoms with van der Waals surface area (Å²) >= 11 is 0. The van der Waals surface area contributed by atoms with Crippen LogP contribution >= 0.6 is 0 Å². The molecule has 2 aromatic rings. The van der Waals surface area contributed by atoms with Crippen LogP contribution in [0.3, 0.4) is 0 Å². The second kappa shape index (κ2) is 7.40. The highest BCUT2D eigenvalue weighted by molar-refractivity contribution is 5.94. The Morgan fingerprint density at radius 2 is 2.00 bits per heavy atom. The average Bonchev–Trinajstić information content (AvgIpc) is 2.49. The number of nitrogen functional groups attached to an aromatic ring is 1. The summed E-state index contributed by atoms with van der Waals surface area (Å²) in [5.74, 6) is 0.850. The lowest BCUT2D eigenvalue weighted by atomic mass is 10.2. The van der Waals surface area contributed by atoms with Crippen LogP contribution in [0, 0.1) is 5.41 Å². The first-order valence-corrected chi connectivity index (χ1v) is 6.81. The summed E-state index contributed by atoms with van der Waals surface area (Å²) in [5.41, 5.74) is 7.16. The first-order chi connectivity index (χ1) is 10.1. The predicted octanol–water partition coefficient (Wildman–Crippen LogP) is 1.88. The molecule has 110 valence electrons. The zero-order valence-corrected chi connectivity index (χ0v) is 12.1. The van der Waals surface area contributed by atoms with E-state index in [1.54, 1.807) is 18.3 Å². The Kier molecular flexibility index (Phi) is 5.29. The molecule has 0 saturated heterocycles. The molecule has 0 fully saturated rings. The number of benzene rings is 1. The van der Waals surface area contributed by atoms with E-state index in [1.165, 1.54) is 0 Å². The van der Waals surface area contributed by atoms with Gasteiger partial charge >= 0.3 is 0 Å². The van der Waals surface area contributed by atoms with Crippen LogP contribution in [-0.2, 0) is 6.54 Å². The molecule has 21 heavy (non-hydrogen) atoms. The maximum Gasteiger partial charge on any atom is 0.122 e. The second-order valence-electron chi connectivity index (χ2n) is 4.85. The number of rotatable bonds is 7. The van der Waals surface area contributed by atoms with Gasteiger partial charge < -0.3 is 10.5 Å². The molecular weight excluding hydrogens is 264 g/mol. The summed E-state index contributed by atoms with van der Waals surface area (Å²) in [4.78, 5) is 6.46. The topological polar surface area (TPSA) is 75.2 Å². The minimum absolute atomic E-state index is 0.0663. The van der Waals surface area contributed by atoms with Crippen molar-refractivity contribution in [1.82, 2.24) is 9.88 Å². The maximum absolute atomic E-state index is 7.33. The van der Waals surface area contributed by atoms with Gasteiger partial charge in [0.05, 0.1) is 5.69 Å². The molecule has 0 aliphatic heterocycles. The Morgan fingerprint density at radius 3 is 2.62 bits per heavy atom. The molecule has 1 heterocycles. The van der Waals surface area contributed by atoms with Crippen LogP contribution in [0.2, 0.25) is 0 Å². The number of aromatic nitrogens is 1. The second-order valence-corrected chi connectivity index (χ2v) is 4.85. The van der Waals surface area contributed by atoms with Gasteiger partial charge in [-0.25, -0.2) is 0 Å².